The number of sulfonamides is 1. The Bertz CT molecular complexity index is 1510. The molecule has 0 aliphatic heterocycles. The summed E-state index contributed by atoms with van der Waals surface area (Å²) in [7, 11) is -2.62. The molecule has 12 heteroatoms. The Balaban J connectivity index is 1.57. The number of carbonyl (C=O) groups is 1. The average Bonchev–Trinajstić information content (AvgIpc) is 3.35. The van der Waals surface area contributed by atoms with Crippen LogP contribution < -0.4 is 14.8 Å². The van der Waals surface area contributed by atoms with E-state index in [1.54, 1.807) is 18.2 Å². The fourth-order valence-corrected chi connectivity index (χ4v) is 5.81. The second kappa shape index (κ2) is 12.0. The molecule has 0 radical (unpaired) electrons. The van der Waals surface area contributed by atoms with Gasteiger partial charge < -0.3 is 10.1 Å². The molecule has 0 aliphatic rings. The molecule has 1 aromatic heterocycles. The monoisotopic (exact) mass is 687 g/mol. The predicted octanol–water partition coefficient (Wildman–Crippen LogP) is 6.26. The van der Waals surface area contributed by atoms with Gasteiger partial charge in [0.05, 0.1) is 27.7 Å². The number of halogens is 3. The SMILES string of the molecule is COc1ccc(S(=O)(=O)NC(=O)C(Cc2ccc(I)cc2)Nc2nc(-c3ccc(Cl)c(Cl)c3)cs2)cc1. The summed E-state index contributed by atoms with van der Waals surface area (Å²) in [5.74, 6) is -0.203. The van der Waals surface area contributed by atoms with Crippen LogP contribution in [0.4, 0.5) is 5.13 Å². The molecule has 3 aromatic carbocycles. The molecule has 0 aliphatic carbocycles. The van der Waals surface area contributed by atoms with E-state index in [1.807, 2.05) is 29.6 Å². The number of aromatic nitrogens is 1. The molecule has 7 nitrogen and oxygen atoms in total. The number of amides is 1. The van der Waals surface area contributed by atoms with Gasteiger partial charge >= 0.3 is 0 Å². The lowest BCUT2D eigenvalue weighted by Crippen LogP contribution is -2.43. The quantitative estimate of drug-likeness (QED) is 0.202. The molecular weight excluding hydrogens is 668 g/mol. The van der Waals surface area contributed by atoms with Crippen molar-refractivity contribution in [3.63, 3.8) is 0 Å². The smallest absolute Gasteiger partial charge is 0.264 e. The number of methoxy groups -OCH3 is 1. The highest BCUT2D eigenvalue weighted by molar-refractivity contribution is 14.1. The summed E-state index contributed by atoms with van der Waals surface area (Å²) < 4.78 is 34.1. The molecule has 0 bridgehead atoms. The van der Waals surface area contributed by atoms with Crippen LogP contribution in [-0.2, 0) is 21.2 Å². The Morgan fingerprint density at radius 1 is 1.05 bits per heavy atom. The van der Waals surface area contributed by atoms with Crippen LogP contribution in [0.3, 0.4) is 0 Å². The molecule has 1 amide bonds. The highest BCUT2D eigenvalue weighted by Crippen LogP contribution is 2.31. The fraction of sp³-hybridized carbons (Fsp3) is 0.120. The van der Waals surface area contributed by atoms with E-state index in [9.17, 15) is 13.2 Å². The molecule has 192 valence electrons. The summed E-state index contributed by atoms with van der Waals surface area (Å²) >= 11 is 15.6. The highest BCUT2D eigenvalue weighted by atomic mass is 127. The lowest BCUT2D eigenvalue weighted by atomic mass is 10.1. The average molecular weight is 688 g/mol. The lowest BCUT2D eigenvalue weighted by Gasteiger charge is -2.18. The van der Waals surface area contributed by atoms with E-state index in [0.717, 1.165) is 14.7 Å². The highest BCUT2D eigenvalue weighted by Gasteiger charge is 2.26. The molecule has 4 aromatic rings. The summed E-state index contributed by atoms with van der Waals surface area (Å²) in [5, 5.41) is 6.21. The first-order valence-corrected chi connectivity index (χ1v) is 15.0. The Morgan fingerprint density at radius 3 is 2.41 bits per heavy atom. The molecule has 1 heterocycles. The largest absolute Gasteiger partial charge is 0.497 e. The van der Waals surface area contributed by atoms with Crippen molar-refractivity contribution in [2.75, 3.05) is 12.4 Å². The normalized spacial score (nSPS) is 12.1. The van der Waals surface area contributed by atoms with Crippen molar-refractivity contribution >= 4 is 78.2 Å². The maximum Gasteiger partial charge on any atom is 0.264 e. The Kier molecular flexibility index (Phi) is 8.96. The summed E-state index contributed by atoms with van der Waals surface area (Å²) in [5.41, 5.74) is 2.26. The van der Waals surface area contributed by atoms with Gasteiger partial charge in [-0.2, -0.15) is 0 Å². The topological polar surface area (TPSA) is 97.4 Å². The van der Waals surface area contributed by atoms with E-state index in [1.165, 1.54) is 42.7 Å². The van der Waals surface area contributed by atoms with Crippen molar-refractivity contribution in [2.24, 2.45) is 0 Å². The van der Waals surface area contributed by atoms with E-state index in [-0.39, 0.29) is 11.3 Å². The molecule has 0 fully saturated rings. The van der Waals surface area contributed by atoms with Gasteiger partial charge in [-0.1, -0.05) is 41.4 Å². The third kappa shape index (κ3) is 7.14. The zero-order chi connectivity index (χ0) is 26.6. The minimum absolute atomic E-state index is 0.0502. The van der Waals surface area contributed by atoms with Gasteiger partial charge in [0.15, 0.2) is 5.13 Å². The van der Waals surface area contributed by atoms with E-state index in [0.29, 0.717) is 26.6 Å². The number of nitrogens with zero attached hydrogens (tertiary/aromatic N) is 1. The maximum atomic E-state index is 13.3. The lowest BCUT2D eigenvalue weighted by molar-refractivity contribution is -0.120. The van der Waals surface area contributed by atoms with Gasteiger partial charge in [0.2, 0.25) is 0 Å². The first-order valence-electron chi connectivity index (χ1n) is 10.8. The van der Waals surface area contributed by atoms with Gasteiger partial charge in [-0.15, -0.1) is 11.3 Å². The number of hydrogen-bond acceptors (Lipinski definition) is 7. The number of rotatable bonds is 9. The van der Waals surface area contributed by atoms with Crippen LogP contribution in [-0.4, -0.2) is 32.5 Å². The molecule has 1 unspecified atom stereocenters. The van der Waals surface area contributed by atoms with E-state index in [2.05, 4.69) is 37.6 Å². The number of thiazole rings is 1. The standard InChI is InChI=1S/C25H20Cl2IN3O4S2/c1-35-18-7-9-19(10-8-18)37(33,34)31-24(32)22(12-15-2-5-17(28)6-3-15)29-25-30-23(14-36-25)16-4-11-20(26)21(27)13-16/h2-11,13-14,22H,12H2,1H3,(H,29,30)(H,31,32). The predicted molar refractivity (Wildman–Crippen MR) is 156 cm³/mol. The maximum absolute atomic E-state index is 13.3. The van der Waals surface area contributed by atoms with Crippen LogP contribution in [0.1, 0.15) is 5.56 Å². The Labute approximate surface area is 242 Å². The minimum atomic E-state index is -4.11. The fourth-order valence-electron chi connectivity index (χ4n) is 3.36. The number of benzene rings is 3. The van der Waals surface area contributed by atoms with Crippen molar-refractivity contribution in [1.29, 1.82) is 0 Å². The third-order valence-electron chi connectivity index (χ3n) is 5.29. The van der Waals surface area contributed by atoms with Crippen molar-refractivity contribution in [1.82, 2.24) is 9.71 Å². The van der Waals surface area contributed by atoms with Crippen LogP contribution >= 0.6 is 57.1 Å². The Hall–Kier alpha value is -2.38. The van der Waals surface area contributed by atoms with Gasteiger partial charge in [0.25, 0.3) is 15.9 Å². The molecule has 1 atom stereocenters. The summed E-state index contributed by atoms with van der Waals surface area (Å²) in [4.78, 5) is 17.8. The van der Waals surface area contributed by atoms with Crippen LogP contribution in [0, 0.1) is 3.57 Å². The summed E-state index contributed by atoms with van der Waals surface area (Å²) in [6.07, 6.45) is 0.239. The molecular formula is C25H20Cl2IN3O4S2. The molecule has 0 saturated carbocycles. The van der Waals surface area contributed by atoms with Crippen molar-refractivity contribution < 1.29 is 17.9 Å². The molecule has 0 spiro atoms. The van der Waals surface area contributed by atoms with Gasteiger partial charge in [0.1, 0.15) is 11.8 Å². The molecule has 4 rings (SSSR count). The molecule has 2 N–H and O–H groups in total. The Morgan fingerprint density at radius 2 is 1.76 bits per heavy atom. The number of ether oxygens (including phenoxy) is 1. The minimum Gasteiger partial charge on any atom is -0.497 e. The second-order valence-electron chi connectivity index (χ2n) is 7.84. The van der Waals surface area contributed by atoms with Crippen LogP contribution in [0.15, 0.2) is 77.0 Å². The zero-order valence-corrected chi connectivity index (χ0v) is 24.5. The summed E-state index contributed by atoms with van der Waals surface area (Å²) in [6, 6.07) is 17.7. The summed E-state index contributed by atoms with van der Waals surface area (Å²) in [6.45, 7) is 0. The number of anilines is 1. The zero-order valence-electron chi connectivity index (χ0n) is 19.2. The van der Waals surface area contributed by atoms with Crippen LogP contribution in [0.2, 0.25) is 10.0 Å². The number of carbonyl (C=O) groups excluding carboxylic acids is 1. The van der Waals surface area contributed by atoms with E-state index >= 15 is 0 Å². The molecule has 0 saturated heterocycles. The van der Waals surface area contributed by atoms with E-state index < -0.39 is 22.0 Å². The van der Waals surface area contributed by atoms with Crippen molar-refractivity contribution in [3.8, 4) is 17.0 Å². The van der Waals surface area contributed by atoms with Crippen LogP contribution in [0.25, 0.3) is 11.3 Å². The number of hydrogen-bond donors (Lipinski definition) is 2. The van der Waals surface area contributed by atoms with Crippen molar-refractivity contribution in [2.45, 2.75) is 17.4 Å². The second-order valence-corrected chi connectivity index (χ2v) is 12.4. The van der Waals surface area contributed by atoms with Gasteiger partial charge in [-0.05, 0) is 76.7 Å². The third-order valence-corrected chi connectivity index (χ3v) is 8.89. The van der Waals surface area contributed by atoms with E-state index in [4.69, 9.17) is 27.9 Å². The van der Waals surface area contributed by atoms with Crippen molar-refractivity contribution in [3.05, 3.63) is 91.3 Å². The molecule has 37 heavy (non-hydrogen) atoms. The van der Waals surface area contributed by atoms with Gasteiger partial charge in [-0.25, -0.2) is 18.1 Å². The number of nitrogens with one attached hydrogen (secondary N) is 2. The van der Waals surface area contributed by atoms with Gasteiger partial charge in [-0.3, -0.25) is 4.79 Å². The van der Waals surface area contributed by atoms with Crippen LogP contribution in [0.5, 0.6) is 5.75 Å². The first kappa shape index (κ1) is 27.6. The first-order chi connectivity index (χ1) is 17.6. The van der Waals surface area contributed by atoms with Gasteiger partial charge in [0, 0.05) is 20.9 Å².